The van der Waals surface area contributed by atoms with E-state index in [0.29, 0.717) is 17.6 Å². The standard InChI is InChI=1S/C20H24N6O2/c27-19(15-25-11-5-8-22-25)21-14-18-16-6-1-2-7-17(16)20(28)26(23-18)13-12-24-9-3-4-10-24/h1-2,5-8,11H,3-4,9-10,12-15H2,(H,21,27). The van der Waals surface area contributed by atoms with Crippen LogP contribution in [0.4, 0.5) is 0 Å². The number of carbonyl (C=O) groups is 1. The van der Waals surface area contributed by atoms with E-state index in [9.17, 15) is 9.59 Å². The van der Waals surface area contributed by atoms with E-state index in [1.54, 1.807) is 23.1 Å². The Hall–Kier alpha value is -3.00. The zero-order chi connectivity index (χ0) is 19.3. The van der Waals surface area contributed by atoms with Crippen LogP contribution in [0.25, 0.3) is 10.8 Å². The van der Waals surface area contributed by atoms with Crippen molar-refractivity contribution >= 4 is 16.7 Å². The van der Waals surface area contributed by atoms with Gasteiger partial charge in [-0.2, -0.15) is 10.2 Å². The molecule has 0 radical (unpaired) electrons. The molecule has 2 aromatic heterocycles. The molecule has 28 heavy (non-hydrogen) atoms. The summed E-state index contributed by atoms with van der Waals surface area (Å²) in [5, 5.41) is 12.9. The van der Waals surface area contributed by atoms with Gasteiger partial charge in [-0.1, -0.05) is 18.2 Å². The number of amides is 1. The van der Waals surface area contributed by atoms with Gasteiger partial charge < -0.3 is 10.2 Å². The van der Waals surface area contributed by atoms with Crippen LogP contribution in [0.1, 0.15) is 18.5 Å². The van der Waals surface area contributed by atoms with Crippen molar-refractivity contribution in [1.82, 2.24) is 29.8 Å². The van der Waals surface area contributed by atoms with E-state index in [0.717, 1.165) is 25.0 Å². The summed E-state index contributed by atoms with van der Waals surface area (Å²) in [5.74, 6) is -0.149. The maximum atomic E-state index is 12.8. The molecular formula is C20H24N6O2. The Morgan fingerprint density at radius 1 is 1.07 bits per heavy atom. The molecule has 0 unspecified atom stereocenters. The van der Waals surface area contributed by atoms with Crippen LogP contribution >= 0.6 is 0 Å². The lowest BCUT2D eigenvalue weighted by atomic mass is 10.1. The molecule has 1 aliphatic heterocycles. The highest BCUT2D eigenvalue weighted by Gasteiger charge is 2.14. The zero-order valence-electron chi connectivity index (χ0n) is 15.8. The Bertz CT molecular complexity index is 1010. The molecular weight excluding hydrogens is 356 g/mol. The van der Waals surface area contributed by atoms with Gasteiger partial charge in [0.25, 0.3) is 5.56 Å². The molecule has 146 valence electrons. The molecule has 0 atom stereocenters. The molecule has 1 fully saturated rings. The van der Waals surface area contributed by atoms with Crippen molar-refractivity contribution in [2.45, 2.75) is 32.5 Å². The summed E-state index contributed by atoms with van der Waals surface area (Å²) >= 11 is 0. The fraction of sp³-hybridized carbons (Fsp3) is 0.400. The average Bonchev–Trinajstić information content (AvgIpc) is 3.41. The third-order valence-corrected chi connectivity index (χ3v) is 5.09. The number of benzene rings is 1. The third kappa shape index (κ3) is 4.12. The van der Waals surface area contributed by atoms with E-state index >= 15 is 0 Å². The van der Waals surface area contributed by atoms with Crippen molar-refractivity contribution < 1.29 is 4.79 Å². The molecule has 3 aromatic rings. The van der Waals surface area contributed by atoms with E-state index in [1.165, 1.54) is 17.5 Å². The third-order valence-electron chi connectivity index (χ3n) is 5.09. The van der Waals surface area contributed by atoms with E-state index in [-0.39, 0.29) is 24.6 Å². The summed E-state index contributed by atoms with van der Waals surface area (Å²) in [6.07, 6.45) is 5.81. The van der Waals surface area contributed by atoms with E-state index in [2.05, 4.69) is 20.4 Å². The van der Waals surface area contributed by atoms with E-state index in [4.69, 9.17) is 0 Å². The van der Waals surface area contributed by atoms with Gasteiger partial charge in [-0.05, 0) is 38.1 Å². The number of carbonyl (C=O) groups excluding carboxylic acids is 1. The van der Waals surface area contributed by atoms with Gasteiger partial charge in [-0.25, -0.2) is 4.68 Å². The number of nitrogens with zero attached hydrogens (tertiary/aromatic N) is 5. The fourth-order valence-electron chi connectivity index (χ4n) is 3.61. The lowest BCUT2D eigenvalue weighted by Gasteiger charge is -2.16. The average molecular weight is 380 g/mol. The molecule has 0 spiro atoms. The summed E-state index contributed by atoms with van der Waals surface area (Å²) in [4.78, 5) is 27.4. The minimum atomic E-state index is -0.149. The van der Waals surface area contributed by atoms with Gasteiger partial charge in [0.1, 0.15) is 6.54 Å². The van der Waals surface area contributed by atoms with Crippen LogP contribution in [0, 0.1) is 0 Å². The number of hydrogen-bond donors (Lipinski definition) is 1. The Kier molecular flexibility index (Phi) is 5.48. The van der Waals surface area contributed by atoms with Crippen LogP contribution in [0.3, 0.4) is 0 Å². The Balaban J connectivity index is 1.52. The first-order valence-corrected chi connectivity index (χ1v) is 9.66. The predicted molar refractivity (Wildman–Crippen MR) is 106 cm³/mol. The van der Waals surface area contributed by atoms with Crippen LogP contribution in [-0.4, -0.2) is 50.0 Å². The first-order valence-electron chi connectivity index (χ1n) is 9.66. The first kappa shape index (κ1) is 18.4. The topological polar surface area (TPSA) is 85.1 Å². The highest BCUT2D eigenvalue weighted by molar-refractivity contribution is 5.84. The fourth-order valence-corrected chi connectivity index (χ4v) is 3.61. The Labute approximate surface area is 162 Å². The smallest absolute Gasteiger partial charge is 0.274 e. The largest absolute Gasteiger partial charge is 0.349 e. The molecule has 1 amide bonds. The maximum absolute atomic E-state index is 12.8. The molecule has 1 aromatic carbocycles. The first-order chi connectivity index (χ1) is 13.7. The quantitative estimate of drug-likeness (QED) is 0.661. The Morgan fingerprint density at radius 3 is 2.61 bits per heavy atom. The normalized spacial score (nSPS) is 14.6. The molecule has 0 bridgehead atoms. The van der Waals surface area contributed by atoms with Crippen LogP contribution in [0.2, 0.25) is 0 Å². The number of aromatic nitrogens is 4. The monoisotopic (exact) mass is 380 g/mol. The molecule has 3 heterocycles. The van der Waals surface area contributed by atoms with Gasteiger partial charge in [0.05, 0.1) is 24.2 Å². The molecule has 1 aliphatic rings. The van der Waals surface area contributed by atoms with Gasteiger partial charge >= 0.3 is 0 Å². The summed E-state index contributed by atoms with van der Waals surface area (Å²) in [7, 11) is 0. The van der Waals surface area contributed by atoms with Gasteiger partial charge in [0.2, 0.25) is 5.91 Å². The van der Waals surface area contributed by atoms with Crippen molar-refractivity contribution in [3.05, 3.63) is 58.8 Å². The number of likely N-dealkylation sites (tertiary alicyclic amines) is 1. The van der Waals surface area contributed by atoms with Gasteiger partial charge in [-0.15, -0.1) is 0 Å². The Morgan fingerprint density at radius 2 is 1.86 bits per heavy atom. The number of hydrogen-bond acceptors (Lipinski definition) is 5. The number of fused-ring (bicyclic) bond motifs is 1. The summed E-state index contributed by atoms with van der Waals surface area (Å²) in [6.45, 7) is 3.95. The summed E-state index contributed by atoms with van der Waals surface area (Å²) in [6, 6.07) is 9.21. The van der Waals surface area contributed by atoms with E-state index < -0.39 is 0 Å². The predicted octanol–water partition coefficient (Wildman–Crippen LogP) is 1.01. The molecule has 0 aliphatic carbocycles. The SMILES string of the molecule is O=C(Cn1cccn1)NCc1nn(CCN2CCCC2)c(=O)c2ccccc12. The highest BCUT2D eigenvalue weighted by Crippen LogP contribution is 2.13. The van der Waals surface area contributed by atoms with Crippen LogP contribution in [0.15, 0.2) is 47.5 Å². The van der Waals surface area contributed by atoms with Crippen molar-refractivity contribution in [3.63, 3.8) is 0 Å². The summed E-state index contributed by atoms with van der Waals surface area (Å²) < 4.78 is 3.10. The lowest BCUT2D eigenvalue weighted by molar-refractivity contribution is -0.122. The van der Waals surface area contributed by atoms with Gasteiger partial charge in [-0.3, -0.25) is 14.3 Å². The molecule has 1 N–H and O–H groups in total. The van der Waals surface area contributed by atoms with Crippen molar-refractivity contribution in [2.75, 3.05) is 19.6 Å². The molecule has 1 saturated heterocycles. The van der Waals surface area contributed by atoms with Crippen molar-refractivity contribution in [2.24, 2.45) is 0 Å². The minimum absolute atomic E-state index is 0.0820. The van der Waals surface area contributed by atoms with E-state index in [1.807, 2.05) is 24.3 Å². The summed E-state index contributed by atoms with van der Waals surface area (Å²) in [5.41, 5.74) is 0.617. The van der Waals surface area contributed by atoms with Crippen LogP contribution in [0.5, 0.6) is 0 Å². The molecule has 8 heteroatoms. The number of nitrogens with one attached hydrogen (secondary N) is 1. The number of rotatable bonds is 7. The van der Waals surface area contributed by atoms with Crippen LogP contribution < -0.4 is 10.9 Å². The zero-order valence-corrected chi connectivity index (χ0v) is 15.8. The second-order valence-corrected chi connectivity index (χ2v) is 7.05. The van der Waals surface area contributed by atoms with Gasteiger partial charge in [0.15, 0.2) is 0 Å². The van der Waals surface area contributed by atoms with Crippen LogP contribution in [-0.2, 0) is 24.4 Å². The second-order valence-electron chi connectivity index (χ2n) is 7.05. The maximum Gasteiger partial charge on any atom is 0.274 e. The molecule has 0 saturated carbocycles. The molecule has 4 rings (SSSR count). The van der Waals surface area contributed by atoms with Crippen molar-refractivity contribution in [1.29, 1.82) is 0 Å². The van der Waals surface area contributed by atoms with Gasteiger partial charge in [0, 0.05) is 24.3 Å². The lowest BCUT2D eigenvalue weighted by Crippen LogP contribution is -2.33. The minimum Gasteiger partial charge on any atom is -0.349 e. The molecule has 8 nitrogen and oxygen atoms in total. The second kappa shape index (κ2) is 8.35. The highest BCUT2D eigenvalue weighted by atomic mass is 16.2. The van der Waals surface area contributed by atoms with Crippen molar-refractivity contribution in [3.8, 4) is 0 Å².